The predicted octanol–water partition coefficient (Wildman–Crippen LogP) is 6.90. The normalized spacial score (nSPS) is 14.6. The third kappa shape index (κ3) is 5.82. The van der Waals surface area contributed by atoms with Crippen molar-refractivity contribution < 1.29 is 9.53 Å². The van der Waals surface area contributed by atoms with E-state index in [1.54, 1.807) is 11.8 Å². The highest BCUT2D eigenvalue weighted by Gasteiger charge is 2.20. The molecule has 2 aromatic carbocycles. The van der Waals surface area contributed by atoms with E-state index in [-0.39, 0.29) is 0 Å². The molecule has 1 heterocycles. The van der Waals surface area contributed by atoms with E-state index in [1.807, 2.05) is 19.1 Å². The first-order valence-electron chi connectivity index (χ1n) is 11.4. The number of anilines is 1. The zero-order chi connectivity index (χ0) is 21.5. The monoisotopic (exact) mass is 437 g/mol. The highest BCUT2D eigenvalue weighted by atomic mass is 32.2. The topological polar surface area (TPSA) is 67.0 Å². The summed E-state index contributed by atoms with van der Waals surface area (Å²) in [4.78, 5) is 21.7. The number of aryl methyl sites for hydroxylation is 1. The van der Waals surface area contributed by atoms with E-state index in [4.69, 9.17) is 9.72 Å². The maximum absolute atomic E-state index is 12.2. The summed E-state index contributed by atoms with van der Waals surface area (Å²) < 4.78 is 5.25. The van der Waals surface area contributed by atoms with Gasteiger partial charge in [-0.05, 0) is 43.4 Å². The van der Waals surface area contributed by atoms with E-state index in [9.17, 15) is 4.79 Å². The molecule has 164 valence electrons. The molecule has 1 aromatic heterocycles. The van der Waals surface area contributed by atoms with Crippen LogP contribution >= 0.6 is 11.8 Å². The molecule has 1 aliphatic rings. The Kier molecular flexibility index (Phi) is 7.52. The molecular weight excluding hydrogens is 406 g/mol. The molecule has 1 amide bonds. The van der Waals surface area contributed by atoms with Gasteiger partial charge >= 0.3 is 6.09 Å². The molecule has 2 N–H and O–H groups in total. The van der Waals surface area contributed by atoms with Gasteiger partial charge < -0.3 is 9.72 Å². The van der Waals surface area contributed by atoms with Crippen LogP contribution in [0.5, 0.6) is 0 Å². The third-order valence-electron chi connectivity index (χ3n) is 5.76. The molecule has 5 nitrogen and oxygen atoms in total. The van der Waals surface area contributed by atoms with E-state index in [0.29, 0.717) is 12.5 Å². The predicted molar refractivity (Wildman–Crippen MR) is 128 cm³/mol. The van der Waals surface area contributed by atoms with E-state index in [0.717, 1.165) is 46.0 Å². The van der Waals surface area contributed by atoms with Crippen LogP contribution in [0.15, 0.2) is 47.4 Å². The van der Waals surface area contributed by atoms with Crippen molar-refractivity contribution in [2.45, 2.75) is 62.7 Å². The minimum Gasteiger partial charge on any atom is -0.449 e. The SMILES string of the molecule is CCCOC(=O)Nc1cc2[nH]c(C3CCCCC3)nc2cc1SCCc1ccccc1. The standard InChI is InChI=1S/C25H31N3O2S/c1-2-14-30-25(29)28-22-16-20-21(27-24(26-20)19-11-7-4-8-12-19)17-23(22)31-15-13-18-9-5-3-6-10-18/h3,5-6,9-10,16-17,19H,2,4,7-8,11-15H2,1H3,(H,26,27)(H,28,29). The summed E-state index contributed by atoms with van der Waals surface area (Å²) in [5, 5.41) is 2.95. The molecule has 6 heteroatoms. The molecule has 1 saturated carbocycles. The zero-order valence-electron chi connectivity index (χ0n) is 18.2. The maximum Gasteiger partial charge on any atom is 0.411 e. The number of nitrogens with zero attached hydrogens (tertiary/aromatic N) is 1. The Hall–Kier alpha value is -2.47. The van der Waals surface area contributed by atoms with Gasteiger partial charge in [-0.25, -0.2) is 9.78 Å². The van der Waals surface area contributed by atoms with Crippen molar-refractivity contribution in [3.8, 4) is 0 Å². The van der Waals surface area contributed by atoms with Crippen molar-refractivity contribution in [3.63, 3.8) is 0 Å². The van der Waals surface area contributed by atoms with Gasteiger partial charge in [-0.3, -0.25) is 5.32 Å². The van der Waals surface area contributed by atoms with Crippen LogP contribution in [0.2, 0.25) is 0 Å². The second-order valence-corrected chi connectivity index (χ2v) is 9.30. The van der Waals surface area contributed by atoms with Gasteiger partial charge in [-0.15, -0.1) is 11.8 Å². The van der Waals surface area contributed by atoms with Crippen LogP contribution in [0.3, 0.4) is 0 Å². The van der Waals surface area contributed by atoms with Crippen LogP contribution in [0.4, 0.5) is 10.5 Å². The van der Waals surface area contributed by atoms with Gasteiger partial charge in [-0.1, -0.05) is 56.5 Å². The molecule has 4 rings (SSSR count). The number of imidazole rings is 1. The van der Waals surface area contributed by atoms with Crippen LogP contribution < -0.4 is 5.32 Å². The number of amides is 1. The first-order chi connectivity index (χ1) is 15.2. The average Bonchev–Trinajstić information content (AvgIpc) is 3.22. The summed E-state index contributed by atoms with van der Waals surface area (Å²) in [5.41, 5.74) is 4.03. The first kappa shape index (κ1) is 21.8. The molecule has 0 saturated heterocycles. The highest BCUT2D eigenvalue weighted by molar-refractivity contribution is 7.99. The molecule has 0 atom stereocenters. The molecule has 1 aliphatic carbocycles. The van der Waals surface area contributed by atoms with Crippen molar-refractivity contribution in [2.75, 3.05) is 17.7 Å². The van der Waals surface area contributed by atoms with Crippen LogP contribution in [-0.4, -0.2) is 28.4 Å². The molecule has 0 bridgehead atoms. The van der Waals surface area contributed by atoms with E-state index < -0.39 is 6.09 Å². The summed E-state index contributed by atoms with van der Waals surface area (Å²) >= 11 is 1.74. The van der Waals surface area contributed by atoms with Gasteiger partial charge in [0.05, 0.1) is 23.3 Å². The summed E-state index contributed by atoms with van der Waals surface area (Å²) in [6.07, 6.45) is 7.65. The number of hydrogen-bond acceptors (Lipinski definition) is 4. The molecule has 31 heavy (non-hydrogen) atoms. The summed E-state index contributed by atoms with van der Waals surface area (Å²) in [5.74, 6) is 2.52. The number of aromatic nitrogens is 2. The Labute approximate surface area is 188 Å². The molecule has 0 unspecified atom stereocenters. The number of benzene rings is 2. The lowest BCUT2D eigenvalue weighted by molar-refractivity contribution is 0.161. The van der Waals surface area contributed by atoms with Gasteiger partial charge in [-0.2, -0.15) is 0 Å². The largest absolute Gasteiger partial charge is 0.449 e. The molecule has 1 fully saturated rings. The van der Waals surface area contributed by atoms with Crippen molar-refractivity contribution in [2.24, 2.45) is 0 Å². The van der Waals surface area contributed by atoms with Crippen molar-refractivity contribution in [1.29, 1.82) is 0 Å². The summed E-state index contributed by atoms with van der Waals surface area (Å²) in [6, 6.07) is 14.6. The quantitative estimate of drug-likeness (QED) is 0.376. The number of ether oxygens (including phenoxy) is 1. The molecule has 0 aliphatic heterocycles. The van der Waals surface area contributed by atoms with E-state index in [1.165, 1.54) is 37.7 Å². The Balaban J connectivity index is 1.55. The second-order valence-electron chi connectivity index (χ2n) is 8.17. The Morgan fingerprint density at radius 3 is 2.77 bits per heavy atom. The summed E-state index contributed by atoms with van der Waals surface area (Å²) in [7, 11) is 0. The lowest BCUT2D eigenvalue weighted by Gasteiger charge is -2.18. The maximum atomic E-state index is 12.2. The van der Waals surface area contributed by atoms with Crippen molar-refractivity contribution in [3.05, 3.63) is 53.9 Å². The van der Waals surface area contributed by atoms with Gasteiger partial charge in [0.1, 0.15) is 5.82 Å². The van der Waals surface area contributed by atoms with Crippen LogP contribution in [0.25, 0.3) is 11.0 Å². The molecule has 0 radical (unpaired) electrons. The van der Waals surface area contributed by atoms with Crippen LogP contribution in [-0.2, 0) is 11.2 Å². The zero-order valence-corrected chi connectivity index (χ0v) is 19.0. The van der Waals surface area contributed by atoms with E-state index in [2.05, 4.69) is 40.6 Å². The number of fused-ring (bicyclic) bond motifs is 1. The lowest BCUT2D eigenvalue weighted by atomic mass is 9.89. The fraction of sp³-hybridized carbons (Fsp3) is 0.440. The molecule has 3 aromatic rings. The number of H-pyrrole nitrogens is 1. The van der Waals surface area contributed by atoms with E-state index >= 15 is 0 Å². The van der Waals surface area contributed by atoms with Crippen molar-refractivity contribution >= 4 is 34.6 Å². The number of carbonyl (C=O) groups excluding carboxylic acids is 1. The smallest absolute Gasteiger partial charge is 0.411 e. The first-order valence-corrected chi connectivity index (χ1v) is 12.4. The van der Waals surface area contributed by atoms with Crippen molar-refractivity contribution in [1.82, 2.24) is 9.97 Å². The number of carbonyl (C=O) groups is 1. The second kappa shape index (κ2) is 10.7. The lowest BCUT2D eigenvalue weighted by Crippen LogP contribution is -2.14. The molecule has 0 spiro atoms. The minimum atomic E-state index is -0.405. The summed E-state index contributed by atoms with van der Waals surface area (Å²) in [6.45, 7) is 2.40. The fourth-order valence-electron chi connectivity index (χ4n) is 4.11. The fourth-order valence-corrected chi connectivity index (χ4v) is 5.13. The number of nitrogens with one attached hydrogen (secondary N) is 2. The average molecular weight is 438 g/mol. The number of hydrogen-bond donors (Lipinski definition) is 2. The van der Waals surface area contributed by atoms with Gasteiger partial charge in [0, 0.05) is 16.6 Å². The Morgan fingerprint density at radius 1 is 1.19 bits per heavy atom. The Morgan fingerprint density at radius 2 is 2.00 bits per heavy atom. The minimum absolute atomic E-state index is 0.405. The van der Waals surface area contributed by atoms with Crippen LogP contribution in [0, 0.1) is 0 Å². The Bertz CT molecular complexity index is 997. The van der Waals surface area contributed by atoms with Crippen LogP contribution in [0.1, 0.15) is 62.8 Å². The van der Waals surface area contributed by atoms with Gasteiger partial charge in [0.2, 0.25) is 0 Å². The number of rotatable bonds is 8. The van der Waals surface area contributed by atoms with Gasteiger partial charge in [0.25, 0.3) is 0 Å². The highest BCUT2D eigenvalue weighted by Crippen LogP contribution is 2.35. The molecular formula is C25H31N3O2S. The van der Waals surface area contributed by atoms with Gasteiger partial charge in [0.15, 0.2) is 0 Å². The third-order valence-corrected chi connectivity index (χ3v) is 6.82. The number of aromatic amines is 1. The number of thioether (sulfide) groups is 1.